The van der Waals surface area contributed by atoms with E-state index in [-0.39, 0.29) is 178 Å². The summed E-state index contributed by atoms with van der Waals surface area (Å²) in [5, 5.41) is 43.8. The van der Waals surface area contributed by atoms with E-state index in [1.165, 1.54) is 38.1 Å². The number of primary amides is 1. The molecular formula is C57H105N27O12. The SMILES string of the molecule is CC(=O)N[C@@H](CCCN=C(N)N)C(=O)N[C@@H](Cc1ccc(O)cc1)C(=O)N[C@@H](CCCN=C(N)N)C(=O)N[C@@H](CCCN=C(N)N)C(=O)N[C@@H](CCCN=C(N)N)C(=O)N[C@@H](CCCCN)C(=O)N[C@@H](CCCCN)C(=O)N[C@@H](CCCN=C(N)N)C(=O)N[C@H](C(N)=O)[C@@H](C)O. The highest BCUT2D eigenvalue weighted by atomic mass is 16.3. The summed E-state index contributed by atoms with van der Waals surface area (Å²) in [5.41, 5.74) is 72.9. The second-order valence-electron chi connectivity index (χ2n) is 22.5. The lowest BCUT2D eigenvalue weighted by molar-refractivity contribution is -0.136. The van der Waals surface area contributed by atoms with Gasteiger partial charge in [0.1, 0.15) is 60.1 Å². The molecule has 10 amide bonds. The Morgan fingerprint density at radius 1 is 0.365 bits per heavy atom. The van der Waals surface area contributed by atoms with Gasteiger partial charge in [-0.3, -0.25) is 72.9 Å². The predicted octanol–water partition coefficient (Wildman–Crippen LogP) is -9.29. The third-order valence-corrected chi connectivity index (χ3v) is 14.2. The molecule has 0 unspecified atom stereocenters. The first kappa shape index (κ1) is 84.0. The van der Waals surface area contributed by atoms with Crippen LogP contribution in [0.1, 0.15) is 122 Å². The van der Waals surface area contributed by atoms with Gasteiger partial charge in [0.2, 0.25) is 59.1 Å². The molecule has 96 heavy (non-hydrogen) atoms. The Balaban J connectivity index is 3.93. The Morgan fingerprint density at radius 3 is 0.844 bits per heavy atom. The van der Waals surface area contributed by atoms with Crippen molar-refractivity contribution in [1.29, 1.82) is 0 Å². The maximum absolute atomic E-state index is 14.8. The van der Waals surface area contributed by atoms with E-state index in [2.05, 4.69) is 72.8 Å². The summed E-state index contributed by atoms with van der Waals surface area (Å²) in [4.78, 5) is 159. The van der Waals surface area contributed by atoms with Crippen LogP contribution >= 0.6 is 0 Å². The monoisotopic (exact) mass is 1360 g/mol. The molecule has 1 aromatic carbocycles. The van der Waals surface area contributed by atoms with Crippen LogP contribution in [0.15, 0.2) is 49.2 Å². The lowest BCUT2D eigenvalue weighted by atomic mass is 10.0. The molecule has 0 bridgehead atoms. The van der Waals surface area contributed by atoms with Crippen molar-refractivity contribution < 1.29 is 58.2 Å². The molecule has 0 fully saturated rings. The zero-order valence-corrected chi connectivity index (χ0v) is 54.8. The Labute approximate surface area is 557 Å². The largest absolute Gasteiger partial charge is 0.508 e. The minimum absolute atomic E-state index is 0.0251. The Hall–Kier alpha value is -10.0. The fourth-order valence-corrected chi connectivity index (χ4v) is 9.30. The van der Waals surface area contributed by atoms with E-state index in [0.717, 1.165) is 0 Å². The molecule has 37 N–H and O–H groups in total. The average molecular weight is 1360 g/mol. The van der Waals surface area contributed by atoms with Crippen LogP contribution in [-0.2, 0) is 54.4 Å². The van der Waals surface area contributed by atoms with E-state index < -0.39 is 120 Å². The second-order valence-corrected chi connectivity index (χ2v) is 22.5. The van der Waals surface area contributed by atoms with Crippen molar-refractivity contribution in [2.24, 2.45) is 99.5 Å². The maximum Gasteiger partial charge on any atom is 0.243 e. The van der Waals surface area contributed by atoms with Gasteiger partial charge < -0.3 is 133 Å². The van der Waals surface area contributed by atoms with E-state index in [1.807, 2.05) is 0 Å². The number of unbranched alkanes of at least 4 members (excludes halogenated alkanes) is 2. The van der Waals surface area contributed by atoms with Crippen molar-refractivity contribution in [2.45, 2.75) is 183 Å². The number of phenolic OH excluding ortho intramolecular Hbond substituents is 1. The molecule has 0 aromatic heterocycles. The fraction of sp³-hybridized carbons (Fsp3) is 0.632. The molecule has 0 aliphatic heterocycles. The van der Waals surface area contributed by atoms with Crippen LogP contribution in [0.2, 0.25) is 0 Å². The van der Waals surface area contributed by atoms with Crippen molar-refractivity contribution in [3.63, 3.8) is 0 Å². The second kappa shape index (κ2) is 46.9. The number of carbonyl (C=O) groups excluding carboxylic acids is 10. The number of aliphatic hydroxyl groups excluding tert-OH is 1. The van der Waals surface area contributed by atoms with Crippen LogP contribution in [0, 0.1) is 0 Å². The zero-order valence-electron chi connectivity index (χ0n) is 54.8. The molecule has 0 saturated heterocycles. The third kappa shape index (κ3) is 37.0. The molecule has 0 radical (unpaired) electrons. The van der Waals surface area contributed by atoms with Gasteiger partial charge in [-0.1, -0.05) is 12.1 Å². The first-order chi connectivity index (χ1) is 45.4. The van der Waals surface area contributed by atoms with Crippen molar-refractivity contribution in [2.75, 3.05) is 45.8 Å². The highest BCUT2D eigenvalue weighted by Gasteiger charge is 2.36. The van der Waals surface area contributed by atoms with Crippen molar-refractivity contribution >= 4 is 88.9 Å². The number of guanidine groups is 5. The van der Waals surface area contributed by atoms with Crippen molar-refractivity contribution in [3.05, 3.63) is 29.8 Å². The number of nitrogens with one attached hydrogen (secondary N) is 9. The molecule has 540 valence electrons. The molecule has 1 aromatic rings. The molecule has 0 aliphatic carbocycles. The summed E-state index contributed by atoms with van der Waals surface area (Å²) >= 11 is 0. The average Bonchev–Trinajstić information content (AvgIpc) is 0.946. The van der Waals surface area contributed by atoms with E-state index >= 15 is 0 Å². The smallest absolute Gasteiger partial charge is 0.243 e. The number of nitrogens with two attached hydrogens (primary N) is 13. The zero-order chi connectivity index (χ0) is 72.3. The summed E-state index contributed by atoms with van der Waals surface area (Å²) < 4.78 is 0. The number of aliphatic imine (C=N–C) groups is 5. The first-order valence-corrected chi connectivity index (χ1v) is 31.5. The van der Waals surface area contributed by atoms with Gasteiger partial charge >= 0.3 is 0 Å². The van der Waals surface area contributed by atoms with Gasteiger partial charge in [0.25, 0.3) is 0 Å². The predicted molar refractivity (Wildman–Crippen MR) is 361 cm³/mol. The number of hydrogen-bond donors (Lipinski definition) is 24. The number of phenols is 1. The summed E-state index contributed by atoms with van der Waals surface area (Å²) in [6.45, 7) is 2.81. The number of aliphatic hydroxyl groups is 1. The van der Waals surface area contributed by atoms with Gasteiger partial charge in [-0.25, -0.2) is 0 Å². The minimum Gasteiger partial charge on any atom is -0.508 e. The third-order valence-electron chi connectivity index (χ3n) is 14.2. The Bertz CT molecular complexity index is 2790. The van der Waals surface area contributed by atoms with Gasteiger partial charge in [-0.15, -0.1) is 0 Å². The molecule has 1 rings (SSSR count). The molecule has 0 heterocycles. The highest BCUT2D eigenvalue weighted by Crippen LogP contribution is 2.15. The lowest BCUT2D eigenvalue weighted by Gasteiger charge is -2.28. The van der Waals surface area contributed by atoms with Crippen LogP contribution in [0.25, 0.3) is 0 Å². The number of rotatable bonds is 49. The summed E-state index contributed by atoms with van der Waals surface area (Å²) in [6.07, 6.45) is -0.491. The van der Waals surface area contributed by atoms with E-state index in [9.17, 15) is 58.2 Å². The normalized spacial score (nSPS) is 13.9. The molecule has 39 heteroatoms. The standard InChI is InChI=1S/C57H105N27O12/c1-31(85)43(44(60)88)84-51(95)41(18-11-29-75-57(69)70)81-47(91)37(13-4-6-24-59)77-46(90)36(12-3-5-23-58)78-48(92)38(15-8-26-72-54(63)64)79-49(93)39(16-9-27-73-55(65)66)80-50(94)40(17-10-28-74-56(67)68)82-52(96)42(30-33-19-21-34(87)22-20-33)83-45(89)35(76-32(2)86)14-7-25-71-53(61)62/h19-22,31,35-43,85,87H,3-18,23-30,58-59H2,1-2H3,(H2,60,88)(H,76,86)(H,77,90)(H,78,92)(H,79,93)(H,80,94)(H,81,91)(H,82,96)(H,83,89)(H,84,95)(H4,61,62,71)(H4,63,64,72)(H4,65,66,73)(H4,67,68,74)(H4,69,70,75)/t31-,35+,36+,37+,38+,39+,40+,41+,42+,43+/m1/s1. The molecule has 39 nitrogen and oxygen atoms in total. The van der Waals surface area contributed by atoms with Gasteiger partial charge in [0.05, 0.1) is 6.10 Å². The van der Waals surface area contributed by atoms with Gasteiger partial charge in [-0.05, 0) is 140 Å². The number of aromatic hydroxyl groups is 1. The lowest BCUT2D eigenvalue weighted by Crippen LogP contribution is -2.61. The number of carbonyl (C=O) groups is 10. The highest BCUT2D eigenvalue weighted by molar-refractivity contribution is 5.98. The summed E-state index contributed by atoms with van der Waals surface area (Å²) in [7, 11) is 0. The molecular weight excluding hydrogens is 1250 g/mol. The Kier molecular flexibility index (Phi) is 41.0. The van der Waals surface area contributed by atoms with E-state index in [1.54, 1.807) is 0 Å². The van der Waals surface area contributed by atoms with Crippen LogP contribution in [0.4, 0.5) is 0 Å². The van der Waals surface area contributed by atoms with Crippen LogP contribution in [0.3, 0.4) is 0 Å². The topological polar surface area (TPSA) is 719 Å². The van der Waals surface area contributed by atoms with E-state index in [0.29, 0.717) is 18.4 Å². The number of amides is 10. The van der Waals surface area contributed by atoms with Crippen molar-refractivity contribution in [3.8, 4) is 5.75 Å². The van der Waals surface area contributed by atoms with Gasteiger partial charge in [-0.2, -0.15) is 0 Å². The fourth-order valence-electron chi connectivity index (χ4n) is 9.30. The first-order valence-electron chi connectivity index (χ1n) is 31.5. The van der Waals surface area contributed by atoms with Crippen molar-refractivity contribution in [1.82, 2.24) is 47.9 Å². The van der Waals surface area contributed by atoms with Crippen LogP contribution < -0.4 is 122 Å². The van der Waals surface area contributed by atoms with E-state index in [4.69, 9.17) is 74.5 Å². The number of benzene rings is 1. The summed E-state index contributed by atoms with van der Waals surface area (Å²) in [5.74, 6) is -10.2. The maximum atomic E-state index is 14.8. The molecule has 0 saturated carbocycles. The molecule has 0 aliphatic rings. The number of nitrogens with zero attached hydrogens (tertiary/aromatic N) is 5. The van der Waals surface area contributed by atoms with Gasteiger partial charge in [0.15, 0.2) is 29.8 Å². The van der Waals surface area contributed by atoms with Gasteiger partial charge in [0, 0.05) is 46.1 Å². The molecule has 0 spiro atoms. The Morgan fingerprint density at radius 2 is 0.604 bits per heavy atom. The van der Waals surface area contributed by atoms with Crippen LogP contribution in [-0.4, -0.2) is 205 Å². The molecule has 10 atom stereocenters. The minimum atomic E-state index is -1.55. The van der Waals surface area contributed by atoms with Crippen LogP contribution in [0.5, 0.6) is 5.75 Å². The summed E-state index contributed by atoms with van der Waals surface area (Å²) in [6, 6.07) is -7.20. The number of hydrogen-bond acceptors (Lipinski definition) is 19. The quantitative estimate of drug-likeness (QED) is 0.0164.